The second-order valence-electron chi connectivity index (χ2n) is 4.89. The van der Waals surface area contributed by atoms with Crippen molar-refractivity contribution in [1.82, 2.24) is 9.80 Å². The summed E-state index contributed by atoms with van der Waals surface area (Å²) in [5.74, 6) is -0.0748. The van der Waals surface area contributed by atoms with Crippen LogP contribution in [-0.2, 0) is 16.1 Å². The number of hydrogen-bond donors (Lipinski definition) is 0. The molecule has 2 rings (SSSR count). The van der Waals surface area contributed by atoms with Crippen LogP contribution in [0.25, 0.3) is 0 Å². The number of nitrogens with zero attached hydrogens (tertiary/aromatic N) is 2. The molecule has 0 bridgehead atoms. The summed E-state index contributed by atoms with van der Waals surface area (Å²) < 4.78 is 0. The molecule has 0 radical (unpaired) electrons. The van der Waals surface area contributed by atoms with Crippen LogP contribution in [0.3, 0.4) is 0 Å². The topological polar surface area (TPSA) is 40.6 Å². The third kappa shape index (κ3) is 2.70. The highest BCUT2D eigenvalue weighted by molar-refractivity contribution is 5.89. The fourth-order valence-electron chi connectivity index (χ4n) is 2.26. The lowest BCUT2D eigenvalue weighted by atomic mass is 10.1. The van der Waals surface area contributed by atoms with E-state index in [0.29, 0.717) is 19.5 Å². The molecule has 1 aliphatic heterocycles. The molecule has 96 valence electrons. The molecule has 18 heavy (non-hydrogen) atoms. The van der Waals surface area contributed by atoms with Crippen molar-refractivity contribution in [2.75, 3.05) is 20.6 Å². The third-order valence-electron chi connectivity index (χ3n) is 3.22. The van der Waals surface area contributed by atoms with E-state index in [0.717, 1.165) is 5.56 Å². The molecule has 1 aliphatic rings. The summed E-state index contributed by atoms with van der Waals surface area (Å²) in [6.45, 7) is 1.13. The number of benzene rings is 1. The van der Waals surface area contributed by atoms with Gasteiger partial charge < -0.3 is 9.80 Å². The summed E-state index contributed by atoms with van der Waals surface area (Å²) >= 11 is 0. The highest BCUT2D eigenvalue weighted by Gasteiger charge is 2.34. The predicted molar refractivity (Wildman–Crippen MR) is 68.7 cm³/mol. The van der Waals surface area contributed by atoms with Crippen LogP contribution in [0, 0.1) is 5.92 Å². The average molecular weight is 246 g/mol. The van der Waals surface area contributed by atoms with E-state index in [1.165, 1.54) is 0 Å². The molecule has 1 aromatic rings. The molecule has 4 nitrogen and oxygen atoms in total. The highest BCUT2D eigenvalue weighted by atomic mass is 16.2. The molecule has 1 fully saturated rings. The first-order valence-corrected chi connectivity index (χ1v) is 6.11. The fraction of sp³-hybridized carbons (Fsp3) is 0.429. The van der Waals surface area contributed by atoms with Crippen molar-refractivity contribution >= 4 is 11.8 Å². The maximum absolute atomic E-state index is 11.9. The zero-order valence-corrected chi connectivity index (χ0v) is 10.8. The summed E-state index contributed by atoms with van der Waals surface area (Å²) in [6.07, 6.45) is 0.337. The van der Waals surface area contributed by atoms with Crippen molar-refractivity contribution in [1.29, 1.82) is 0 Å². The first-order valence-electron chi connectivity index (χ1n) is 6.11. The molecule has 1 atom stereocenters. The van der Waals surface area contributed by atoms with Gasteiger partial charge in [0.1, 0.15) is 0 Å². The third-order valence-corrected chi connectivity index (χ3v) is 3.22. The van der Waals surface area contributed by atoms with Crippen molar-refractivity contribution in [2.45, 2.75) is 13.0 Å². The van der Waals surface area contributed by atoms with E-state index in [9.17, 15) is 9.59 Å². The first kappa shape index (κ1) is 12.6. The van der Waals surface area contributed by atoms with Gasteiger partial charge in [-0.3, -0.25) is 9.59 Å². The summed E-state index contributed by atoms with van der Waals surface area (Å²) in [4.78, 5) is 27.0. The Kier molecular flexibility index (Phi) is 3.65. The van der Waals surface area contributed by atoms with Crippen LogP contribution in [0.2, 0.25) is 0 Å². The van der Waals surface area contributed by atoms with Crippen molar-refractivity contribution < 1.29 is 9.59 Å². The molecule has 2 amide bonds. The monoisotopic (exact) mass is 246 g/mol. The van der Waals surface area contributed by atoms with Crippen LogP contribution in [-0.4, -0.2) is 42.3 Å². The average Bonchev–Trinajstić information content (AvgIpc) is 2.71. The fourth-order valence-corrected chi connectivity index (χ4v) is 2.26. The van der Waals surface area contributed by atoms with Crippen LogP contribution in [0.4, 0.5) is 0 Å². The Bertz CT molecular complexity index is 442. The normalized spacial score (nSPS) is 19.1. The van der Waals surface area contributed by atoms with Crippen molar-refractivity contribution in [3.05, 3.63) is 35.9 Å². The minimum absolute atomic E-state index is 0.0407. The van der Waals surface area contributed by atoms with Gasteiger partial charge in [0, 0.05) is 33.6 Å². The Labute approximate surface area is 107 Å². The number of amides is 2. The van der Waals surface area contributed by atoms with Crippen LogP contribution < -0.4 is 0 Å². The van der Waals surface area contributed by atoms with E-state index in [1.54, 1.807) is 23.9 Å². The van der Waals surface area contributed by atoms with Crippen molar-refractivity contribution in [3.8, 4) is 0 Å². The zero-order chi connectivity index (χ0) is 13.1. The highest BCUT2D eigenvalue weighted by Crippen LogP contribution is 2.21. The van der Waals surface area contributed by atoms with Gasteiger partial charge in [-0.25, -0.2) is 0 Å². The van der Waals surface area contributed by atoms with E-state index in [4.69, 9.17) is 0 Å². The Morgan fingerprint density at radius 2 is 2.00 bits per heavy atom. The molecule has 0 N–H and O–H groups in total. The van der Waals surface area contributed by atoms with Crippen LogP contribution >= 0.6 is 0 Å². The van der Waals surface area contributed by atoms with Gasteiger partial charge in [-0.15, -0.1) is 0 Å². The van der Waals surface area contributed by atoms with Crippen molar-refractivity contribution in [3.63, 3.8) is 0 Å². The number of likely N-dealkylation sites (tertiary alicyclic amines) is 1. The minimum atomic E-state index is -0.184. The number of hydrogen-bond acceptors (Lipinski definition) is 2. The number of carbonyl (C=O) groups excluding carboxylic acids is 2. The van der Waals surface area contributed by atoms with E-state index >= 15 is 0 Å². The Morgan fingerprint density at radius 3 is 2.61 bits per heavy atom. The smallest absolute Gasteiger partial charge is 0.227 e. The molecule has 0 aromatic heterocycles. The SMILES string of the molecule is CN(C)C(=O)C1CC(=O)N(Cc2ccccc2)C1. The lowest BCUT2D eigenvalue weighted by Gasteiger charge is -2.18. The number of carbonyl (C=O) groups is 2. The predicted octanol–water partition coefficient (Wildman–Crippen LogP) is 1.12. The summed E-state index contributed by atoms with van der Waals surface area (Å²) in [5, 5.41) is 0. The zero-order valence-electron chi connectivity index (χ0n) is 10.8. The Hall–Kier alpha value is -1.84. The van der Waals surface area contributed by atoms with Crippen LogP contribution in [0.1, 0.15) is 12.0 Å². The van der Waals surface area contributed by atoms with Crippen molar-refractivity contribution in [2.24, 2.45) is 5.92 Å². The van der Waals surface area contributed by atoms with Gasteiger partial charge >= 0.3 is 0 Å². The Morgan fingerprint density at radius 1 is 1.33 bits per heavy atom. The molecule has 0 spiro atoms. The lowest BCUT2D eigenvalue weighted by Crippen LogP contribution is -2.31. The molecule has 1 unspecified atom stereocenters. The molecular formula is C14H18N2O2. The van der Waals surface area contributed by atoms with Gasteiger partial charge in [0.25, 0.3) is 0 Å². The Balaban J connectivity index is 2.00. The molecule has 1 saturated heterocycles. The van der Waals surface area contributed by atoms with Gasteiger partial charge in [-0.05, 0) is 5.56 Å². The van der Waals surface area contributed by atoms with Crippen LogP contribution in [0.15, 0.2) is 30.3 Å². The summed E-state index contributed by atoms with van der Waals surface area (Å²) in [7, 11) is 3.46. The van der Waals surface area contributed by atoms with Gasteiger partial charge in [0.05, 0.1) is 5.92 Å². The van der Waals surface area contributed by atoms with Gasteiger partial charge in [0.2, 0.25) is 11.8 Å². The van der Waals surface area contributed by atoms with E-state index < -0.39 is 0 Å². The second kappa shape index (κ2) is 5.21. The minimum Gasteiger partial charge on any atom is -0.349 e. The number of rotatable bonds is 3. The van der Waals surface area contributed by atoms with E-state index in [-0.39, 0.29) is 17.7 Å². The molecular weight excluding hydrogens is 228 g/mol. The largest absolute Gasteiger partial charge is 0.349 e. The molecule has 1 heterocycles. The lowest BCUT2D eigenvalue weighted by molar-refractivity contribution is -0.133. The molecule has 0 aliphatic carbocycles. The summed E-state index contributed by atoms with van der Waals surface area (Å²) in [6, 6.07) is 9.85. The first-order chi connectivity index (χ1) is 8.58. The second-order valence-corrected chi connectivity index (χ2v) is 4.89. The molecule has 1 aromatic carbocycles. The molecule has 0 saturated carbocycles. The molecule has 4 heteroatoms. The quantitative estimate of drug-likeness (QED) is 0.802. The van der Waals surface area contributed by atoms with Gasteiger partial charge in [-0.2, -0.15) is 0 Å². The maximum atomic E-state index is 11.9. The maximum Gasteiger partial charge on any atom is 0.227 e. The van der Waals surface area contributed by atoms with E-state index in [1.807, 2.05) is 30.3 Å². The van der Waals surface area contributed by atoms with Crippen LogP contribution in [0.5, 0.6) is 0 Å². The summed E-state index contributed by atoms with van der Waals surface area (Å²) in [5.41, 5.74) is 1.10. The van der Waals surface area contributed by atoms with Gasteiger partial charge in [-0.1, -0.05) is 30.3 Å². The van der Waals surface area contributed by atoms with E-state index in [2.05, 4.69) is 0 Å². The van der Waals surface area contributed by atoms with Gasteiger partial charge in [0.15, 0.2) is 0 Å². The standard InChI is InChI=1S/C14H18N2O2/c1-15(2)14(18)12-8-13(17)16(10-12)9-11-6-4-3-5-7-11/h3-7,12H,8-10H2,1-2H3.